The first-order valence-electron chi connectivity index (χ1n) is 9.00. The zero-order valence-electron chi connectivity index (χ0n) is 15.4. The van der Waals surface area contributed by atoms with Gasteiger partial charge >= 0.3 is 0 Å². The van der Waals surface area contributed by atoms with Gasteiger partial charge in [0, 0.05) is 24.8 Å². The van der Waals surface area contributed by atoms with Crippen LogP contribution in [0.15, 0.2) is 97.6 Å². The number of nitrogens with one attached hydrogen (secondary N) is 2. The van der Waals surface area contributed by atoms with E-state index in [1.165, 1.54) is 0 Å². The highest BCUT2D eigenvalue weighted by Gasteiger charge is 1.94. The van der Waals surface area contributed by atoms with Gasteiger partial charge in [-0.1, -0.05) is 24.3 Å². The van der Waals surface area contributed by atoms with Crippen molar-refractivity contribution in [3.05, 3.63) is 109 Å². The molecule has 6 heteroatoms. The lowest BCUT2D eigenvalue weighted by Gasteiger charge is -2.03. The molecule has 4 aromatic heterocycles. The van der Waals surface area contributed by atoms with Crippen LogP contribution in [-0.2, 0) is 13.1 Å². The standard InChI is InChI=1S/2C11H11N3/c2*1-3-7-12-10(5-1)9-14-11-6-2-4-8-13-11/h2*1-8H,9H2,(H,13,14). The molecule has 4 heterocycles. The Labute approximate surface area is 164 Å². The van der Waals surface area contributed by atoms with Crippen molar-refractivity contribution in [3.63, 3.8) is 0 Å². The molecule has 0 aromatic carbocycles. The van der Waals surface area contributed by atoms with Crippen molar-refractivity contribution in [2.75, 3.05) is 10.6 Å². The lowest BCUT2D eigenvalue weighted by molar-refractivity contribution is 1.03. The van der Waals surface area contributed by atoms with E-state index in [4.69, 9.17) is 0 Å². The third-order valence-corrected chi connectivity index (χ3v) is 3.68. The predicted molar refractivity (Wildman–Crippen MR) is 112 cm³/mol. The van der Waals surface area contributed by atoms with Gasteiger partial charge in [-0.15, -0.1) is 0 Å². The Balaban J connectivity index is 0.000000161. The molecule has 4 aromatic rings. The van der Waals surface area contributed by atoms with Crippen molar-refractivity contribution >= 4 is 11.6 Å². The van der Waals surface area contributed by atoms with Crippen LogP contribution in [0.4, 0.5) is 11.6 Å². The molecule has 0 saturated heterocycles. The third-order valence-electron chi connectivity index (χ3n) is 3.68. The minimum Gasteiger partial charge on any atom is -0.364 e. The number of aromatic nitrogens is 4. The van der Waals surface area contributed by atoms with Crippen molar-refractivity contribution in [1.82, 2.24) is 19.9 Å². The molecule has 0 saturated carbocycles. The van der Waals surface area contributed by atoms with E-state index in [0.29, 0.717) is 13.1 Å². The van der Waals surface area contributed by atoms with Gasteiger partial charge < -0.3 is 10.6 Å². The molecule has 28 heavy (non-hydrogen) atoms. The molecule has 4 rings (SSSR count). The van der Waals surface area contributed by atoms with E-state index in [1.54, 1.807) is 24.8 Å². The van der Waals surface area contributed by atoms with Gasteiger partial charge in [-0.05, 0) is 48.5 Å². The minimum atomic E-state index is 0.706. The van der Waals surface area contributed by atoms with Crippen LogP contribution in [0.25, 0.3) is 0 Å². The lowest BCUT2D eigenvalue weighted by Crippen LogP contribution is -2.02. The Morgan fingerprint density at radius 2 is 0.857 bits per heavy atom. The van der Waals surface area contributed by atoms with Crippen LogP contribution in [0.1, 0.15) is 11.4 Å². The second-order valence-corrected chi connectivity index (χ2v) is 5.78. The molecule has 0 aliphatic carbocycles. The summed E-state index contributed by atoms with van der Waals surface area (Å²) >= 11 is 0. The van der Waals surface area contributed by atoms with Crippen LogP contribution in [0.5, 0.6) is 0 Å². The largest absolute Gasteiger partial charge is 0.364 e. The van der Waals surface area contributed by atoms with E-state index < -0.39 is 0 Å². The second-order valence-electron chi connectivity index (χ2n) is 5.78. The van der Waals surface area contributed by atoms with Crippen LogP contribution in [-0.4, -0.2) is 19.9 Å². The van der Waals surface area contributed by atoms with Gasteiger partial charge in [-0.3, -0.25) is 9.97 Å². The molecule has 0 atom stereocenters. The van der Waals surface area contributed by atoms with Crippen molar-refractivity contribution in [2.45, 2.75) is 13.1 Å². The van der Waals surface area contributed by atoms with Crippen LogP contribution < -0.4 is 10.6 Å². The fourth-order valence-corrected chi connectivity index (χ4v) is 2.30. The molecule has 0 bridgehead atoms. The van der Waals surface area contributed by atoms with Crippen LogP contribution >= 0.6 is 0 Å². The summed E-state index contributed by atoms with van der Waals surface area (Å²) in [5, 5.41) is 6.37. The normalized spacial score (nSPS) is 9.71. The molecule has 140 valence electrons. The number of hydrogen-bond donors (Lipinski definition) is 2. The SMILES string of the molecule is c1ccc(CNc2ccccn2)nc1.c1ccc(CNc2ccccn2)nc1. The first-order chi connectivity index (χ1) is 13.9. The average molecular weight is 370 g/mol. The maximum atomic E-state index is 4.20. The molecule has 2 N–H and O–H groups in total. The van der Waals surface area contributed by atoms with Gasteiger partial charge in [0.1, 0.15) is 11.6 Å². The Morgan fingerprint density at radius 1 is 0.464 bits per heavy atom. The molecule has 0 spiro atoms. The Bertz CT molecular complexity index is 745. The van der Waals surface area contributed by atoms with Crippen molar-refractivity contribution in [3.8, 4) is 0 Å². The number of hydrogen-bond acceptors (Lipinski definition) is 6. The lowest BCUT2D eigenvalue weighted by atomic mass is 10.3. The minimum absolute atomic E-state index is 0.706. The van der Waals surface area contributed by atoms with Crippen LogP contribution in [0.3, 0.4) is 0 Å². The first-order valence-corrected chi connectivity index (χ1v) is 9.00. The molecule has 0 aliphatic rings. The Kier molecular flexibility index (Phi) is 7.47. The zero-order chi connectivity index (χ0) is 19.3. The summed E-state index contributed by atoms with van der Waals surface area (Å²) < 4.78 is 0. The second kappa shape index (κ2) is 11.0. The number of pyridine rings is 4. The fourth-order valence-electron chi connectivity index (χ4n) is 2.30. The molecular weight excluding hydrogens is 348 g/mol. The van der Waals surface area contributed by atoms with Crippen molar-refractivity contribution < 1.29 is 0 Å². The summed E-state index contributed by atoms with van der Waals surface area (Å²) in [6.45, 7) is 1.41. The van der Waals surface area contributed by atoms with Crippen molar-refractivity contribution in [1.29, 1.82) is 0 Å². The molecular formula is C22H22N6. The molecule has 0 aliphatic heterocycles. The van der Waals surface area contributed by atoms with Gasteiger partial charge in [-0.2, -0.15) is 0 Å². The van der Waals surface area contributed by atoms with Gasteiger partial charge in [0.05, 0.1) is 24.5 Å². The molecule has 0 unspecified atom stereocenters. The predicted octanol–water partition coefficient (Wildman–Crippen LogP) is 4.18. The van der Waals surface area contributed by atoms with Gasteiger partial charge in [-0.25, -0.2) is 9.97 Å². The Morgan fingerprint density at radius 3 is 1.18 bits per heavy atom. The van der Waals surface area contributed by atoms with E-state index >= 15 is 0 Å². The fraction of sp³-hybridized carbons (Fsp3) is 0.0909. The van der Waals surface area contributed by atoms with Gasteiger partial charge in [0.25, 0.3) is 0 Å². The summed E-state index contributed by atoms with van der Waals surface area (Å²) in [5.41, 5.74) is 2.02. The number of anilines is 2. The smallest absolute Gasteiger partial charge is 0.126 e. The average Bonchev–Trinajstić information content (AvgIpc) is 2.80. The number of nitrogens with zero attached hydrogens (tertiary/aromatic N) is 4. The van der Waals surface area contributed by atoms with E-state index in [-0.39, 0.29) is 0 Å². The summed E-state index contributed by atoms with van der Waals surface area (Å²) in [6.07, 6.45) is 7.10. The third kappa shape index (κ3) is 6.84. The van der Waals surface area contributed by atoms with Gasteiger partial charge in [0.15, 0.2) is 0 Å². The summed E-state index contributed by atoms with van der Waals surface area (Å²) in [6, 6.07) is 23.3. The van der Waals surface area contributed by atoms with E-state index in [2.05, 4.69) is 30.6 Å². The van der Waals surface area contributed by atoms with E-state index in [1.807, 2.05) is 72.8 Å². The maximum Gasteiger partial charge on any atom is 0.126 e. The molecule has 0 amide bonds. The maximum absolute atomic E-state index is 4.20. The van der Waals surface area contributed by atoms with E-state index in [0.717, 1.165) is 23.0 Å². The summed E-state index contributed by atoms with van der Waals surface area (Å²) in [4.78, 5) is 16.7. The summed E-state index contributed by atoms with van der Waals surface area (Å²) in [5.74, 6) is 1.75. The first kappa shape index (κ1) is 19.0. The highest BCUT2D eigenvalue weighted by atomic mass is 15.0. The van der Waals surface area contributed by atoms with Crippen molar-refractivity contribution in [2.24, 2.45) is 0 Å². The topological polar surface area (TPSA) is 75.6 Å². The monoisotopic (exact) mass is 370 g/mol. The molecule has 0 fully saturated rings. The van der Waals surface area contributed by atoms with Crippen LogP contribution in [0.2, 0.25) is 0 Å². The van der Waals surface area contributed by atoms with Crippen LogP contribution in [0, 0.1) is 0 Å². The molecule has 0 radical (unpaired) electrons. The highest BCUT2D eigenvalue weighted by molar-refractivity contribution is 5.34. The summed E-state index contributed by atoms with van der Waals surface area (Å²) in [7, 11) is 0. The zero-order valence-corrected chi connectivity index (χ0v) is 15.4. The van der Waals surface area contributed by atoms with Gasteiger partial charge in [0.2, 0.25) is 0 Å². The highest BCUT2D eigenvalue weighted by Crippen LogP contribution is 2.03. The Hall–Kier alpha value is -3.80. The van der Waals surface area contributed by atoms with E-state index in [9.17, 15) is 0 Å². The quantitative estimate of drug-likeness (QED) is 0.530. The molecule has 6 nitrogen and oxygen atoms in total. The number of rotatable bonds is 6.